The molecule has 25 heteroatoms. The van der Waals surface area contributed by atoms with E-state index in [4.69, 9.17) is 45.7 Å². The van der Waals surface area contributed by atoms with Crippen molar-refractivity contribution in [2.24, 2.45) is 0 Å². The number of anilines is 1. The molecule has 0 spiro atoms. The van der Waals surface area contributed by atoms with E-state index in [1.54, 1.807) is 47.4 Å². The average Bonchev–Trinajstić information content (AvgIpc) is 3.74. The number of hydrogen-bond acceptors (Lipinski definition) is 9. The number of benzene rings is 2. The summed E-state index contributed by atoms with van der Waals surface area (Å²) >= 11 is 6.20. The number of halogens is 12. The second kappa shape index (κ2) is 18.1. The van der Waals surface area contributed by atoms with Crippen LogP contribution in [0.15, 0.2) is 77.9 Å². The van der Waals surface area contributed by atoms with Gasteiger partial charge in [0.2, 0.25) is 0 Å². The number of alkyl halides is 11. The normalized spacial score (nSPS) is 11.6. The lowest BCUT2D eigenvalue weighted by Crippen LogP contribution is -2.25. The van der Waals surface area contributed by atoms with Gasteiger partial charge in [0.1, 0.15) is 23.9 Å². The number of carboxylic acid groups (broad SMARTS) is 3. The molecular formula is C29H20ClF11N6O7. The Labute approximate surface area is 297 Å². The molecule has 0 amide bonds. The van der Waals surface area contributed by atoms with Crippen molar-refractivity contribution in [1.29, 1.82) is 0 Å². The van der Waals surface area contributed by atoms with E-state index in [-0.39, 0.29) is 5.69 Å². The second-order valence-electron chi connectivity index (χ2n) is 9.73. The number of aromatic nitrogens is 5. The van der Waals surface area contributed by atoms with Gasteiger partial charge in [-0.25, -0.2) is 29.0 Å². The van der Waals surface area contributed by atoms with Crippen molar-refractivity contribution in [3.8, 4) is 5.69 Å². The molecule has 0 radical (unpaired) electrons. The van der Waals surface area contributed by atoms with Crippen LogP contribution in [0.1, 0.15) is 17.1 Å². The number of aliphatic carboxylic acids is 3. The SMILES string of the molecule is FC(F)(CNc1cccc2oc(Cc3cc(Cl)ccc3-n3cncn3)nc12)c1ccccn1.O=C(O)C(F)(F)F.O=C(O)C(F)(F)F.O=C(O)C(F)(F)F. The maximum atomic E-state index is 14.6. The van der Waals surface area contributed by atoms with E-state index in [9.17, 15) is 48.3 Å². The molecule has 0 saturated heterocycles. The highest BCUT2D eigenvalue weighted by Gasteiger charge is 2.39. The molecule has 0 saturated carbocycles. The molecule has 0 fully saturated rings. The van der Waals surface area contributed by atoms with E-state index in [1.165, 1.54) is 24.7 Å². The third-order valence-corrected chi connectivity index (χ3v) is 6.02. The predicted molar refractivity (Wildman–Crippen MR) is 161 cm³/mol. The Balaban J connectivity index is 0.000000393. The van der Waals surface area contributed by atoms with Crippen LogP contribution in [-0.2, 0) is 26.7 Å². The Morgan fingerprint density at radius 1 is 0.796 bits per heavy atom. The molecule has 0 aliphatic carbocycles. The first-order valence-electron chi connectivity index (χ1n) is 13.8. The van der Waals surface area contributed by atoms with Crippen molar-refractivity contribution < 1.29 is 82.4 Å². The summed E-state index contributed by atoms with van der Waals surface area (Å²) in [5, 5.41) is 28.9. The van der Waals surface area contributed by atoms with Crippen LogP contribution >= 0.6 is 11.6 Å². The Morgan fingerprint density at radius 3 is 1.85 bits per heavy atom. The molecule has 2 aromatic carbocycles. The van der Waals surface area contributed by atoms with Crippen molar-refractivity contribution in [3.05, 3.63) is 95.6 Å². The van der Waals surface area contributed by atoms with Crippen LogP contribution in [0.5, 0.6) is 0 Å². The Hall–Kier alpha value is -6.07. The number of hydrogen-bond donors (Lipinski definition) is 4. The molecular weight excluding hydrogens is 789 g/mol. The highest BCUT2D eigenvalue weighted by Crippen LogP contribution is 2.30. The Morgan fingerprint density at radius 2 is 1.37 bits per heavy atom. The largest absolute Gasteiger partial charge is 0.490 e. The minimum absolute atomic E-state index is 0.299. The lowest BCUT2D eigenvalue weighted by atomic mass is 10.1. The molecule has 3 aromatic heterocycles. The summed E-state index contributed by atoms with van der Waals surface area (Å²) in [7, 11) is 0. The molecule has 0 bridgehead atoms. The predicted octanol–water partition coefficient (Wildman–Crippen LogP) is 7.15. The van der Waals surface area contributed by atoms with Gasteiger partial charge in [0.15, 0.2) is 11.5 Å². The highest BCUT2D eigenvalue weighted by atomic mass is 35.5. The van der Waals surface area contributed by atoms with Crippen molar-refractivity contribution in [1.82, 2.24) is 24.7 Å². The smallest absolute Gasteiger partial charge is 0.475 e. The molecule has 0 aliphatic rings. The molecule has 3 heterocycles. The molecule has 5 aromatic rings. The second-order valence-corrected chi connectivity index (χ2v) is 10.2. The van der Waals surface area contributed by atoms with Crippen LogP contribution in [0.2, 0.25) is 5.02 Å². The van der Waals surface area contributed by atoms with E-state index in [0.717, 1.165) is 11.3 Å². The van der Waals surface area contributed by atoms with E-state index in [2.05, 4.69) is 25.4 Å². The van der Waals surface area contributed by atoms with E-state index in [1.807, 2.05) is 6.07 Å². The van der Waals surface area contributed by atoms with Gasteiger partial charge in [-0.05, 0) is 48.0 Å². The number of nitrogens with zero attached hydrogens (tertiary/aromatic N) is 5. The van der Waals surface area contributed by atoms with Crippen molar-refractivity contribution in [3.63, 3.8) is 0 Å². The fourth-order valence-corrected chi connectivity index (χ4v) is 3.70. The summed E-state index contributed by atoms with van der Waals surface area (Å²) in [6.07, 6.45) is -10.6. The fraction of sp³-hybridized carbons (Fsp3) is 0.207. The highest BCUT2D eigenvalue weighted by molar-refractivity contribution is 6.30. The van der Waals surface area contributed by atoms with Crippen LogP contribution in [0.3, 0.4) is 0 Å². The maximum Gasteiger partial charge on any atom is 0.490 e. The van der Waals surface area contributed by atoms with Gasteiger partial charge < -0.3 is 25.1 Å². The first kappa shape index (κ1) is 44.1. The first-order chi connectivity index (χ1) is 24.8. The summed E-state index contributed by atoms with van der Waals surface area (Å²) in [5.74, 6) is -11.0. The van der Waals surface area contributed by atoms with Gasteiger partial charge in [-0.15, -0.1) is 0 Å². The number of pyridine rings is 1. The minimum Gasteiger partial charge on any atom is -0.475 e. The minimum atomic E-state index is -5.08. The third kappa shape index (κ3) is 13.8. The number of oxazole rings is 1. The van der Waals surface area contributed by atoms with Crippen molar-refractivity contribution in [2.75, 3.05) is 11.9 Å². The molecule has 0 aliphatic heterocycles. The van der Waals surface area contributed by atoms with Crippen LogP contribution in [-0.4, -0.2) is 83.0 Å². The molecule has 5 rings (SSSR count). The Kier molecular flexibility index (Phi) is 14.8. The zero-order valence-electron chi connectivity index (χ0n) is 26.1. The summed E-state index contributed by atoms with van der Waals surface area (Å²) in [4.78, 5) is 39.0. The van der Waals surface area contributed by atoms with Crippen molar-refractivity contribution >= 4 is 46.3 Å². The quantitative estimate of drug-likeness (QED) is 0.122. The maximum absolute atomic E-state index is 14.6. The van der Waals surface area contributed by atoms with Gasteiger partial charge in [0, 0.05) is 11.2 Å². The number of rotatable bonds is 7. The van der Waals surface area contributed by atoms with Crippen LogP contribution in [0.25, 0.3) is 16.8 Å². The van der Waals surface area contributed by atoms with Crippen LogP contribution in [0, 0.1) is 0 Å². The van der Waals surface area contributed by atoms with Gasteiger partial charge in [-0.1, -0.05) is 23.7 Å². The van der Waals surface area contributed by atoms with Gasteiger partial charge in [0.05, 0.1) is 24.3 Å². The number of nitrogens with one attached hydrogen (secondary N) is 1. The molecule has 0 unspecified atom stereocenters. The summed E-state index contributed by atoms with van der Waals surface area (Å²) < 4.78 is 132. The number of carboxylic acids is 3. The van der Waals surface area contributed by atoms with Gasteiger partial charge >= 0.3 is 42.4 Å². The summed E-state index contributed by atoms with van der Waals surface area (Å²) in [5.41, 5.74) is 2.71. The Bertz CT molecular complexity index is 1950. The van der Waals surface area contributed by atoms with Gasteiger partial charge in [-0.2, -0.15) is 53.4 Å². The van der Waals surface area contributed by atoms with Crippen LogP contribution < -0.4 is 5.32 Å². The average molecular weight is 809 g/mol. The molecule has 292 valence electrons. The zero-order valence-corrected chi connectivity index (χ0v) is 26.8. The third-order valence-electron chi connectivity index (χ3n) is 5.78. The number of carbonyl (C=O) groups is 3. The topological polar surface area (TPSA) is 194 Å². The van der Waals surface area contributed by atoms with Gasteiger partial charge in [0.25, 0.3) is 0 Å². The lowest BCUT2D eigenvalue weighted by Gasteiger charge is -2.17. The molecule has 4 N–H and O–H groups in total. The number of fused-ring (bicyclic) bond motifs is 1. The monoisotopic (exact) mass is 808 g/mol. The van der Waals surface area contributed by atoms with Crippen molar-refractivity contribution in [2.45, 2.75) is 30.9 Å². The van der Waals surface area contributed by atoms with E-state index >= 15 is 0 Å². The fourth-order valence-electron chi connectivity index (χ4n) is 3.50. The molecule has 0 atom stereocenters. The lowest BCUT2D eigenvalue weighted by molar-refractivity contribution is -0.193. The van der Waals surface area contributed by atoms with Crippen LogP contribution in [0.4, 0.5) is 54.0 Å². The van der Waals surface area contributed by atoms with Gasteiger partial charge in [-0.3, -0.25) is 4.98 Å². The van der Waals surface area contributed by atoms with E-state index in [0.29, 0.717) is 34.1 Å². The zero-order chi connectivity index (χ0) is 41.1. The first-order valence-corrected chi connectivity index (χ1v) is 14.2. The standard InChI is InChI=1S/C23H17ClF2N6O.3C2HF3O2/c24-16-7-8-18(32-14-27-13-30-32)15(10-16)11-21-31-22-17(4-3-5-19(22)33-21)29-12-23(25,26)20-6-1-2-9-28-20;3*3-2(4,5)1(6)7/h1-10,13-14,29H,11-12H2;3*(H,6,7). The molecule has 54 heavy (non-hydrogen) atoms. The molecule has 13 nitrogen and oxygen atoms in total. The summed E-state index contributed by atoms with van der Waals surface area (Å²) in [6, 6.07) is 15.0. The van der Waals surface area contributed by atoms with E-state index < -0.39 is 48.9 Å². The summed E-state index contributed by atoms with van der Waals surface area (Å²) in [6.45, 7) is -0.629. The number of para-hydroxylation sites is 1.